The normalized spacial score (nSPS) is 10.1. The van der Waals surface area contributed by atoms with E-state index in [2.05, 4.69) is 4.74 Å². The number of carbonyl (C=O) groups excluding carboxylic acids is 1. The van der Waals surface area contributed by atoms with E-state index in [-0.39, 0.29) is 6.61 Å². The molecule has 82 valence electrons. The number of aliphatic hydroxyl groups is 1. The van der Waals surface area contributed by atoms with Crippen molar-refractivity contribution in [1.29, 1.82) is 0 Å². The van der Waals surface area contributed by atoms with Crippen molar-refractivity contribution in [1.82, 2.24) is 0 Å². The van der Waals surface area contributed by atoms with Crippen LogP contribution in [0.2, 0.25) is 0 Å². The van der Waals surface area contributed by atoms with Crippen molar-refractivity contribution in [2.24, 2.45) is 0 Å². The first-order chi connectivity index (χ1) is 7.13. The number of aliphatic hydroxyl groups excluding tert-OH is 1. The summed E-state index contributed by atoms with van der Waals surface area (Å²) in [4.78, 5) is 11.4. The molecular formula is C11H15NO3. The zero-order valence-electron chi connectivity index (χ0n) is 8.91. The summed E-state index contributed by atoms with van der Waals surface area (Å²) in [6, 6.07) is 3.36. The van der Waals surface area contributed by atoms with Gasteiger partial charge in [0, 0.05) is 5.69 Å². The molecule has 0 aliphatic carbocycles. The molecule has 1 aromatic carbocycles. The van der Waals surface area contributed by atoms with Crippen LogP contribution in [-0.2, 0) is 17.8 Å². The van der Waals surface area contributed by atoms with Gasteiger partial charge in [-0.05, 0) is 23.6 Å². The van der Waals surface area contributed by atoms with Crippen LogP contribution in [0.5, 0.6) is 0 Å². The van der Waals surface area contributed by atoms with E-state index in [1.165, 1.54) is 7.11 Å². The zero-order valence-corrected chi connectivity index (χ0v) is 8.91. The lowest BCUT2D eigenvalue weighted by atomic mass is 10.00. The molecule has 15 heavy (non-hydrogen) atoms. The third-order valence-electron chi connectivity index (χ3n) is 2.26. The highest BCUT2D eigenvalue weighted by molar-refractivity contribution is 5.96. The van der Waals surface area contributed by atoms with Crippen molar-refractivity contribution < 1.29 is 14.6 Å². The average molecular weight is 209 g/mol. The number of methoxy groups -OCH3 is 1. The fraction of sp³-hybridized carbons (Fsp3) is 0.364. The topological polar surface area (TPSA) is 72.5 Å². The number of esters is 1. The number of benzene rings is 1. The molecule has 0 unspecified atom stereocenters. The van der Waals surface area contributed by atoms with E-state index in [9.17, 15) is 4.79 Å². The van der Waals surface area contributed by atoms with Crippen LogP contribution >= 0.6 is 0 Å². The summed E-state index contributed by atoms with van der Waals surface area (Å²) in [6.45, 7) is 1.83. The van der Waals surface area contributed by atoms with E-state index in [1.807, 2.05) is 6.92 Å². The zero-order chi connectivity index (χ0) is 11.4. The molecule has 3 N–H and O–H groups in total. The molecule has 0 amide bonds. The second-order valence-electron chi connectivity index (χ2n) is 3.22. The molecule has 0 aliphatic rings. The second kappa shape index (κ2) is 4.79. The molecule has 1 aromatic rings. The summed E-state index contributed by atoms with van der Waals surface area (Å²) in [5.74, 6) is -0.436. The summed E-state index contributed by atoms with van der Waals surface area (Å²) < 4.78 is 4.65. The second-order valence-corrected chi connectivity index (χ2v) is 3.22. The minimum absolute atomic E-state index is 0.0847. The molecular weight excluding hydrogens is 194 g/mol. The largest absolute Gasteiger partial charge is 0.465 e. The number of anilines is 1. The first-order valence-electron chi connectivity index (χ1n) is 4.74. The van der Waals surface area contributed by atoms with Gasteiger partial charge in [0.05, 0.1) is 19.3 Å². The lowest BCUT2D eigenvalue weighted by Gasteiger charge is -2.11. The van der Waals surface area contributed by atoms with E-state index in [1.54, 1.807) is 12.1 Å². The molecule has 0 heterocycles. The highest BCUT2D eigenvalue weighted by atomic mass is 16.5. The SMILES string of the molecule is CCc1cc(CO)cc(N)c1C(=O)OC. The number of nitrogen functional groups attached to an aromatic ring is 1. The first-order valence-corrected chi connectivity index (χ1v) is 4.74. The lowest BCUT2D eigenvalue weighted by Crippen LogP contribution is -2.10. The van der Waals surface area contributed by atoms with Gasteiger partial charge in [-0.1, -0.05) is 13.0 Å². The van der Waals surface area contributed by atoms with Crippen LogP contribution in [0, 0.1) is 0 Å². The monoisotopic (exact) mass is 209 g/mol. The number of carbonyl (C=O) groups is 1. The standard InChI is InChI=1S/C11H15NO3/c1-3-8-4-7(6-13)5-9(12)10(8)11(14)15-2/h4-5,13H,3,6,12H2,1-2H3. The van der Waals surface area contributed by atoms with Crippen LogP contribution in [0.4, 0.5) is 5.69 Å². The number of nitrogens with two attached hydrogens (primary N) is 1. The van der Waals surface area contributed by atoms with Crippen LogP contribution in [0.25, 0.3) is 0 Å². The van der Waals surface area contributed by atoms with E-state index >= 15 is 0 Å². The Morgan fingerprint density at radius 2 is 2.20 bits per heavy atom. The molecule has 0 aliphatic heterocycles. The van der Waals surface area contributed by atoms with Crippen molar-refractivity contribution in [3.05, 3.63) is 28.8 Å². The number of ether oxygens (including phenoxy) is 1. The maximum absolute atomic E-state index is 11.4. The van der Waals surface area contributed by atoms with Crippen LogP contribution in [-0.4, -0.2) is 18.2 Å². The molecule has 0 spiro atoms. The predicted octanol–water partition coefficient (Wildman–Crippen LogP) is 1.11. The predicted molar refractivity (Wildman–Crippen MR) is 57.5 cm³/mol. The van der Waals surface area contributed by atoms with Crippen molar-refractivity contribution in [2.75, 3.05) is 12.8 Å². The third kappa shape index (κ3) is 2.27. The number of hydrogen-bond acceptors (Lipinski definition) is 4. The molecule has 0 bridgehead atoms. The van der Waals surface area contributed by atoms with Crippen molar-refractivity contribution >= 4 is 11.7 Å². The molecule has 4 nitrogen and oxygen atoms in total. The Hall–Kier alpha value is -1.55. The summed E-state index contributed by atoms with van der Waals surface area (Å²) in [5, 5.41) is 9.00. The van der Waals surface area contributed by atoms with Gasteiger partial charge >= 0.3 is 5.97 Å². The molecule has 4 heteroatoms. The first kappa shape index (κ1) is 11.5. The van der Waals surface area contributed by atoms with E-state index in [4.69, 9.17) is 10.8 Å². The van der Waals surface area contributed by atoms with E-state index < -0.39 is 5.97 Å². The molecule has 0 fully saturated rings. The summed E-state index contributed by atoms with van der Waals surface area (Å²) >= 11 is 0. The minimum atomic E-state index is -0.436. The van der Waals surface area contributed by atoms with Crippen LogP contribution < -0.4 is 5.73 Å². The Labute approximate surface area is 88.7 Å². The van der Waals surface area contributed by atoms with Gasteiger partial charge in [0.15, 0.2) is 0 Å². The Kier molecular flexibility index (Phi) is 3.68. The molecule has 0 saturated heterocycles. The average Bonchev–Trinajstić information content (AvgIpc) is 2.26. The van der Waals surface area contributed by atoms with Gasteiger partial charge in [-0.2, -0.15) is 0 Å². The maximum Gasteiger partial charge on any atom is 0.340 e. The van der Waals surface area contributed by atoms with Crippen LogP contribution in [0.1, 0.15) is 28.4 Å². The van der Waals surface area contributed by atoms with Crippen LogP contribution in [0.15, 0.2) is 12.1 Å². The van der Waals surface area contributed by atoms with Crippen molar-refractivity contribution in [3.8, 4) is 0 Å². The fourth-order valence-electron chi connectivity index (χ4n) is 1.52. The third-order valence-corrected chi connectivity index (χ3v) is 2.26. The fourth-order valence-corrected chi connectivity index (χ4v) is 1.52. The van der Waals surface area contributed by atoms with Gasteiger partial charge in [0.25, 0.3) is 0 Å². The molecule has 0 atom stereocenters. The van der Waals surface area contributed by atoms with Gasteiger partial charge in [-0.25, -0.2) is 4.79 Å². The molecule has 0 saturated carbocycles. The lowest BCUT2D eigenvalue weighted by molar-refractivity contribution is 0.0600. The molecule has 0 radical (unpaired) electrons. The summed E-state index contributed by atoms with van der Waals surface area (Å²) in [5.41, 5.74) is 7.99. The Morgan fingerprint density at radius 3 is 2.67 bits per heavy atom. The van der Waals surface area contributed by atoms with Crippen LogP contribution in [0.3, 0.4) is 0 Å². The van der Waals surface area contributed by atoms with E-state index in [0.717, 1.165) is 5.56 Å². The van der Waals surface area contributed by atoms with Gasteiger partial charge in [0.1, 0.15) is 0 Å². The Morgan fingerprint density at radius 1 is 1.53 bits per heavy atom. The van der Waals surface area contributed by atoms with E-state index in [0.29, 0.717) is 23.2 Å². The summed E-state index contributed by atoms with van der Waals surface area (Å²) in [7, 11) is 1.32. The molecule has 1 rings (SSSR count). The Bertz CT molecular complexity index is 374. The highest BCUT2D eigenvalue weighted by Crippen LogP contribution is 2.21. The van der Waals surface area contributed by atoms with Gasteiger partial charge in [-0.15, -0.1) is 0 Å². The van der Waals surface area contributed by atoms with Gasteiger partial charge in [0.2, 0.25) is 0 Å². The number of aryl methyl sites for hydroxylation is 1. The smallest absolute Gasteiger partial charge is 0.340 e. The maximum atomic E-state index is 11.4. The van der Waals surface area contributed by atoms with Gasteiger partial charge < -0.3 is 15.6 Å². The quantitative estimate of drug-likeness (QED) is 0.577. The van der Waals surface area contributed by atoms with Crippen molar-refractivity contribution in [2.45, 2.75) is 20.0 Å². The number of hydrogen-bond donors (Lipinski definition) is 2. The van der Waals surface area contributed by atoms with Crippen molar-refractivity contribution in [3.63, 3.8) is 0 Å². The number of rotatable bonds is 3. The highest BCUT2D eigenvalue weighted by Gasteiger charge is 2.15. The molecule has 0 aromatic heterocycles. The summed E-state index contributed by atoms with van der Waals surface area (Å²) in [6.07, 6.45) is 0.669. The Balaban J connectivity index is 3.30. The minimum Gasteiger partial charge on any atom is -0.465 e. The van der Waals surface area contributed by atoms with Gasteiger partial charge in [-0.3, -0.25) is 0 Å².